The van der Waals surface area contributed by atoms with Crippen LogP contribution in [-0.2, 0) is 10.0 Å². The van der Waals surface area contributed by atoms with E-state index in [2.05, 4.69) is 19.9 Å². The number of hydrogen-bond acceptors (Lipinski definition) is 6. The van der Waals surface area contributed by atoms with E-state index in [1.54, 1.807) is 0 Å². The van der Waals surface area contributed by atoms with E-state index in [9.17, 15) is 8.42 Å². The minimum Gasteiger partial charge on any atom is -0.495 e. The van der Waals surface area contributed by atoms with Crippen molar-refractivity contribution in [1.82, 2.24) is 19.9 Å². The van der Waals surface area contributed by atoms with Crippen molar-refractivity contribution in [2.45, 2.75) is 10.1 Å². The van der Waals surface area contributed by atoms with E-state index in [4.69, 9.17) is 16.3 Å². The van der Waals surface area contributed by atoms with Crippen LogP contribution in [0.25, 0.3) is 11.4 Å². The van der Waals surface area contributed by atoms with Gasteiger partial charge in [0.1, 0.15) is 5.75 Å². The number of rotatable bonds is 8. The van der Waals surface area contributed by atoms with Crippen LogP contribution in [0.3, 0.4) is 0 Å². The fourth-order valence-electron chi connectivity index (χ4n) is 2.25. The number of hydrogen-bond donors (Lipinski definition) is 2. The number of ether oxygens (including phenoxy) is 1. The summed E-state index contributed by atoms with van der Waals surface area (Å²) in [5.41, 5.74) is 0.939. The Hall–Kier alpha value is -2.07. The highest BCUT2D eigenvalue weighted by atomic mass is 35.5. The van der Waals surface area contributed by atoms with Gasteiger partial charge in [-0.1, -0.05) is 53.7 Å². The van der Waals surface area contributed by atoms with Crippen molar-refractivity contribution in [3.8, 4) is 17.1 Å². The van der Waals surface area contributed by atoms with Gasteiger partial charge < -0.3 is 4.74 Å². The Morgan fingerprint density at radius 2 is 2.00 bits per heavy atom. The molecule has 1 aromatic heterocycles. The van der Waals surface area contributed by atoms with Crippen molar-refractivity contribution in [1.29, 1.82) is 0 Å². The van der Waals surface area contributed by atoms with Gasteiger partial charge in [-0.2, -0.15) is 0 Å². The fourth-order valence-corrected chi connectivity index (χ4v) is 4.41. The van der Waals surface area contributed by atoms with E-state index in [-0.39, 0.29) is 16.5 Å². The van der Waals surface area contributed by atoms with Crippen molar-refractivity contribution in [3.05, 3.63) is 53.6 Å². The molecule has 1 heterocycles. The van der Waals surface area contributed by atoms with Crippen LogP contribution in [0.4, 0.5) is 0 Å². The van der Waals surface area contributed by atoms with Crippen LogP contribution in [0, 0.1) is 0 Å². The standard InChI is InChI=1S/C17H17ClN4O3S2/c1-25-15-8-7-13(11-14(15)18)27(23,24)19-9-10-26-17-20-16(21-22-17)12-5-3-2-4-6-12/h2-8,11,19H,9-10H2,1H3,(H,20,21,22). The van der Waals surface area contributed by atoms with E-state index in [0.717, 1.165) is 5.56 Å². The molecule has 0 amide bonds. The number of aromatic nitrogens is 3. The average molecular weight is 425 g/mol. The van der Waals surface area contributed by atoms with Crippen molar-refractivity contribution in [3.63, 3.8) is 0 Å². The highest BCUT2D eigenvalue weighted by molar-refractivity contribution is 7.99. The predicted octanol–water partition coefficient (Wildman–Crippen LogP) is 3.20. The summed E-state index contributed by atoms with van der Waals surface area (Å²) in [6.07, 6.45) is 0. The molecule has 0 saturated carbocycles. The number of halogens is 1. The quantitative estimate of drug-likeness (QED) is 0.425. The maximum absolute atomic E-state index is 12.3. The first-order valence-corrected chi connectivity index (χ1v) is 10.8. The Morgan fingerprint density at radius 3 is 2.70 bits per heavy atom. The van der Waals surface area contributed by atoms with Crippen LogP contribution in [0.15, 0.2) is 58.6 Å². The number of thioether (sulfide) groups is 1. The molecule has 0 radical (unpaired) electrons. The van der Waals surface area contributed by atoms with E-state index in [0.29, 0.717) is 22.5 Å². The molecule has 2 N–H and O–H groups in total. The first-order valence-electron chi connectivity index (χ1n) is 7.93. The van der Waals surface area contributed by atoms with E-state index in [1.807, 2.05) is 30.3 Å². The van der Waals surface area contributed by atoms with Crippen LogP contribution in [-0.4, -0.2) is 43.0 Å². The summed E-state index contributed by atoms with van der Waals surface area (Å²) < 4.78 is 32.2. The first kappa shape index (κ1) is 19.7. The second kappa shape index (κ2) is 8.75. The lowest BCUT2D eigenvalue weighted by Gasteiger charge is -2.08. The molecule has 0 fully saturated rings. The van der Waals surface area contributed by atoms with Gasteiger partial charge in [-0.15, -0.1) is 5.10 Å². The molecule has 0 spiro atoms. The smallest absolute Gasteiger partial charge is 0.240 e. The zero-order chi connectivity index (χ0) is 19.3. The lowest BCUT2D eigenvalue weighted by Crippen LogP contribution is -2.26. The summed E-state index contributed by atoms with van der Waals surface area (Å²) in [5, 5.41) is 7.80. The third kappa shape index (κ3) is 5.01. The van der Waals surface area contributed by atoms with Crippen LogP contribution in [0.2, 0.25) is 5.02 Å². The number of nitrogens with one attached hydrogen (secondary N) is 2. The molecule has 0 atom stereocenters. The molecule has 27 heavy (non-hydrogen) atoms. The molecule has 0 aliphatic rings. The second-order valence-electron chi connectivity index (χ2n) is 5.38. The highest BCUT2D eigenvalue weighted by Crippen LogP contribution is 2.26. The normalized spacial score (nSPS) is 11.5. The monoisotopic (exact) mass is 424 g/mol. The lowest BCUT2D eigenvalue weighted by atomic mass is 10.2. The summed E-state index contributed by atoms with van der Waals surface area (Å²) in [7, 11) is -2.18. The molecular weight excluding hydrogens is 408 g/mol. The minimum atomic E-state index is -3.65. The summed E-state index contributed by atoms with van der Waals surface area (Å²) >= 11 is 7.34. The maximum Gasteiger partial charge on any atom is 0.240 e. The van der Waals surface area contributed by atoms with Gasteiger partial charge >= 0.3 is 0 Å². The third-order valence-electron chi connectivity index (χ3n) is 3.57. The minimum absolute atomic E-state index is 0.0857. The van der Waals surface area contributed by atoms with Crippen molar-refractivity contribution in [2.24, 2.45) is 0 Å². The van der Waals surface area contributed by atoms with Crippen LogP contribution < -0.4 is 9.46 Å². The van der Waals surface area contributed by atoms with Gasteiger partial charge in [0.05, 0.1) is 17.0 Å². The number of aromatic amines is 1. The van der Waals surface area contributed by atoms with Crippen molar-refractivity contribution < 1.29 is 13.2 Å². The molecule has 0 aliphatic heterocycles. The topological polar surface area (TPSA) is 97.0 Å². The lowest BCUT2D eigenvalue weighted by molar-refractivity contribution is 0.414. The van der Waals surface area contributed by atoms with E-state index in [1.165, 1.54) is 37.1 Å². The first-order chi connectivity index (χ1) is 13.0. The summed E-state index contributed by atoms with van der Waals surface area (Å²) in [5.74, 6) is 1.58. The Morgan fingerprint density at radius 1 is 1.22 bits per heavy atom. The molecule has 142 valence electrons. The summed E-state index contributed by atoms with van der Waals surface area (Å²) in [4.78, 5) is 4.48. The zero-order valence-corrected chi connectivity index (χ0v) is 16.7. The van der Waals surface area contributed by atoms with Gasteiger partial charge in [0.25, 0.3) is 0 Å². The van der Waals surface area contributed by atoms with Crippen LogP contribution in [0.5, 0.6) is 5.75 Å². The maximum atomic E-state index is 12.3. The molecule has 3 aromatic rings. The van der Waals surface area contributed by atoms with Gasteiger partial charge in [-0.3, -0.25) is 5.10 Å². The SMILES string of the molecule is COc1ccc(S(=O)(=O)NCCSc2n[nH]c(-c3ccccc3)n2)cc1Cl. The number of benzene rings is 2. The largest absolute Gasteiger partial charge is 0.495 e. The van der Waals surface area contributed by atoms with Gasteiger partial charge in [0, 0.05) is 17.9 Å². The van der Waals surface area contributed by atoms with Gasteiger partial charge in [-0.05, 0) is 18.2 Å². The Labute approximate surface area is 166 Å². The number of nitrogens with zero attached hydrogens (tertiary/aromatic N) is 2. The third-order valence-corrected chi connectivity index (χ3v) is 6.17. The molecule has 10 heteroatoms. The van der Waals surface area contributed by atoms with Crippen molar-refractivity contribution >= 4 is 33.4 Å². The molecule has 0 aliphatic carbocycles. The average Bonchev–Trinajstić information content (AvgIpc) is 3.15. The Balaban J connectivity index is 1.54. The Bertz CT molecular complexity index is 1010. The zero-order valence-electron chi connectivity index (χ0n) is 14.3. The number of sulfonamides is 1. The van der Waals surface area contributed by atoms with E-state index >= 15 is 0 Å². The van der Waals surface area contributed by atoms with Gasteiger partial charge in [0.2, 0.25) is 15.2 Å². The summed E-state index contributed by atoms with van der Waals surface area (Å²) in [6, 6.07) is 14.0. The second-order valence-corrected chi connectivity index (χ2v) is 8.61. The van der Waals surface area contributed by atoms with Crippen LogP contribution >= 0.6 is 23.4 Å². The van der Waals surface area contributed by atoms with E-state index < -0.39 is 10.0 Å². The van der Waals surface area contributed by atoms with Gasteiger partial charge in [-0.25, -0.2) is 18.1 Å². The highest BCUT2D eigenvalue weighted by Gasteiger charge is 2.16. The fraction of sp³-hybridized carbons (Fsp3) is 0.176. The summed E-state index contributed by atoms with van der Waals surface area (Å²) in [6.45, 7) is 0.228. The Kier molecular flexibility index (Phi) is 6.38. The molecule has 3 rings (SSSR count). The van der Waals surface area contributed by atoms with Gasteiger partial charge in [0.15, 0.2) is 5.82 Å². The number of H-pyrrole nitrogens is 1. The molecule has 2 aromatic carbocycles. The molecule has 0 bridgehead atoms. The molecule has 0 unspecified atom stereocenters. The molecule has 0 saturated heterocycles. The molecule has 7 nitrogen and oxygen atoms in total. The molecular formula is C17H17ClN4O3S2. The predicted molar refractivity (Wildman–Crippen MR) is 106 cm³/mol. The van der Waals surface area contributed by atoms with Crippen LogP contribution in [0.1, 0.15) is 0 Å². The van der Waals surface area contributed by atoms with Crippen molar-refractivity contribution in [2.75, 3.05) is 19.4 Å². The number of methoxy groups -OCH3 is 1.